The van der Waals surface area contributed by atoms with E-state index in [9.17, 15) is 8.42 Å². The lowest BCUT2D eigenvalue weighted by Crippen LogP contribution is -2.23. The van der Waals surface area contributed by atoms with Crippen molar-refractivity contribution >= 4 is 27.1 Å². The molecule has 2 rings (SSSR count). The smallest absolute Gasteiger partial charge is 0.241 e. The molecule has 2 aromatic carbocycles. The summed E-state index contributed by atoms with van der Waals surface area (Å²) in [4.78, 5) is 2.13. The highest BCUT2D eigenvalue weighted by atomic mass is 32.2. The Kier molecular flexibility index (Phi) is 5.68. The zero-order chi connectivity index (χ0) is 17.6. The summed E-state index contributed by atoms with van der Waals surface area (Å²) in [5, 5.41) is 8.23. The van der Waals surface area contributed by atoms with Crippen LogP contribution in [0.4, 0.5) is 17.1 Å². The van der Waals surface area contributed by atoms with E-state index in [1.54, 1.807) is 12.1 Å². The van der Waals surface area contributed by atoms with E-state index in [-0.39, 0.29) is 11.4 Å². The number of terminal acetylenes is 1. The first-order valence-electron chi connectivity index (χ1n) is 7.15. The van der Waals surface area contributed by atoms with E-state index < -0.39 is 10.0 Å². The minimum Gasteiger partial charge on any atom is -0.378 e. The van der Waals surface area contributed by atoms with Gasteiger partial charge in [0.15, 0.2) is 0 Å². The fourth-order valence-corrected chi connectivity index (χ4v) is 2.78. The molecule has 124 valence electrons. The molecule has 0 bridgehead atoms. The van der Waals surface area contributed by atoms with Gasteiger partial charge in [-0.25, -0.2) is 8.42 Å². The summed E-state index contributed by atoms with van der Waals surface area (Å²) in [6, 6.07) is 13.7. The van der Waals surface area contributed by atoms with E-state index in [0.717, 1.165) is 5.69 Å². The first kappa shape index (κ1) is 17.7. The second-order valence-electron chi connectivity index (χ2n) is 5.13. The summed E-state index contributed by atoms with van der Waals surface area (Å²) < 4.78 is 26.1. The number of nitrogens with one attached hydrogen (secondary N) is 1. The number of azo groups is 1. The van der Waals surface area contributed by atoms with Crippen LogP contribution in [0.15, 0.2) is 63.7 Å². The third-order valence-electron chi connectivity index (χ3n) is 3.16. The van der Waals surface area contributed by atoms with Crippen LogP contribution in [-0.4, -0.2) is 29.1 Å². The molecule has 2 aromatic rings. The molecule has 0 atom stereocenters. The van der Waals surface area contributed by atoms with Gasteiger partial charge in [-0.2, -0.15) is 15.0 Å². The van der Waals surface area contributed by atoms with Crippen molar-refractivity contribution in [3.05, 3.63) is 48.5 Å². The topological polar surface area (TPSA) is 74.1 Å². The number of anilines is 1. The highest BCUT2D eigenvalue weighted by molar-refractivity contribution is 7.89. The van der Waals surface area contributed by atoms with Crippen molar-refractivity contribution in [2.24, 2.45) is 10.2 Å². The Morgan fingerprint density at radius 1 is 1.00 bits per heavy atom. The summed E-state index contributed by atoms with van der Waals surface area (Å²) in [5.41, 5.74) is 2.35. The standard InChI is InChI=1S/C17H18N4O2S/c1-4-13-18-24(22,23)17-11-7-15(8-12-17)20-19-14-5-9-16(10-6-14)21(2)3/h1,5-12,18H,13H2,2-3H3. The van der Waals surface area contributed by atoms with Crippen molar-refractivity contribution in [1.29, 1.82) is 0 Å². The minimum absolute atomic E-state index is 0.0489. The van der Waals surface area contributed by atoms with Crippen LogP contribution < -0.4 is 9.62 Å². The van der Waals surface area contributed by atoms with Crippen LogP contribution in [-0.2, 0) is 10.0 Å². The third kappa shape index (κ3) is 4.65. The minimum atomic E-state index is -3.59. The van der Waals surface area contributed by atoms with Gasteiger partial charge in [0.1, 0.15) is 0 Å². The van der Waals surface area contributed by atoms with E-state index in [1.807, 2.05) is 43.3 Å². The molecule has 0 aliphatic rings. The SMILES string of the molecule is C#CCNS(=O)(=O)c1ccc(N=Nc2ccc(N(C)C)cc2)cc1. The van der Waals surface area contributed by atoms with Crippen LogP contribution in [0.2, 0.25) is 0 Å². The van der Waals surface area contributed by atoms with Gasteiger partial charge in [-0.1, -0.05) is 5.92 Å². The molecular formula is C17H18N4O2S. The van der Waals surface area contributed by atoms with Gasteiger partial charge in [0, 0.05) is 19.8 Å². The van der Waals surface area contributed by atoms with Gasteiger partial charge in [0.2, 0.25) is 10.0 Å². The normalized spacial score (nSPS) is 11.4. The predicted octanol–water partition coefficient (Wildman–Crippen LogP) is 3.08. The van der Waals surface area contributed by atoms with Gasteiger partial charge < -0.3 is 4.90 Å². The Morgan fingerprint density at radius 3 is 1.96 bits per heavy atom. The molecule has 0 fully saturated rings. The van der Waals surface area contributed by atoms with Gasteiger partial charge in [-0.3, -0.25) is 0 Å². The Morgan fingerprint density at radius 2 is 1.50 bits per heavy atom. The maximum atomic E-state index is 11.9. The van der Waals surface area contributed by atoms with E-state index in [2.05, 4.69) is 20.9 Å². The highest BCUT2D eigenvalue weighted by Gasteiger charge is 2.12. The van der Waals surface area contributed by atoms with Crippen LogP contribution in [0.1, 0.15) is 0 Å². The lowest BCUT2D eigenvalue weighted by atomic mass is 10.3. The van der Waals surface area contributed by atoms with Crippen molar-refractivity contribution in [2.45, 2.75) is 4.90 Å². The second-order valence-corrected chi connectivity index (χ2v) is 6.90. The van der Waals surface area contributed by atoms with Crippen molar-refractivity contribution < 1.29 is 8.42 Å². The molecule has 0 heterocycles. The zero-order valence-corrected chi connectivity index (χ0v) is 14.3. The van der Waals surface area contributed by atoms with Crippen LogP contribution in [0.25, 0.3) is 0 Å². The van der Waals surface area contributed by atoms with Crippen LogP contribution in [0.3, 0.4) is 0 Å². The quantitative estimate of drug-likeness (QED) is 0.647. The van der Waals surface area contributed by atoms with Crippen molar-refractivity contribution in [3.63, 3.8) is 0 Å². The fraction of sp³-hybridized carbons (Fsp3) is 0.176. The summed E-state index contributed by atoms with van der Waals surface area (Å²) in [7, 11) is 0.337. The lowest BCUT2D eigenvalue weighted by Gasteiger charge is -2.11. The maximum absolute atomic E-state index is 11.9. The van der Waals surface area contributed by atoms with Crippen LogP contribution in [0, 0.1) is 12.3 Å². The molecule has 0 amide bonds. The molecule has 24 heavy (non-hydrogen) atoms. The Labute approximate surface area is 142 Å². The van der Waals surface area contributed by atoms with Crippen LogP contribution in [0.5, 0.6) is 0 Å². The molecule has 1 N–H and O–H groups in total. The monoisotopic (exact) mass is 342 g/mol. The van der Waals surface area contributed by atoms with E-state index in [1.165, 1.54) is 12.1 Å². The number of hydrogen-bond acceptors (Lipinski definition) is 5. The van der Waals surface area contributed by atoms with Crippen LogP contribution >= 0.6 is 0 Å². The largest absolute Gasteiger partial charge is 0.378 e. The molecule has 0 aliphatic carbocycles. The summed E-state index contributed by atoms with van der Waals surface area (Å²) in [6.07, 6.45) is 5.05. The second kappa shape index (κ2) is 7.73. The number of nitrogens with zero attached hydrogens (tertiary/aromatic N) is 3. The lowest BCUT2D eigenvalue weighted by molar-refractivity contribution is 0.586. The molecule has 0 saturated heterocycles. The van der Waals surface area contributed by atoms with E-state index in [4.69, 9.17) is 6.42 Å². The van der Waals surface area contributed by atoms with E-state index >= 15 is 0 Å². The Bertz CT molecular complexity index is 849. The predicted molar refractivity (Wildman–Crippen MR) is 95.4 cm³/mol. The molecule has 0 saturated carbocycles. The average molecular weight is 342 g/mol. The number of rotatable bonds is 6. The number of benzene rings is 2. The molecule has 0 aromatic heterocycles. The molecule has 6 nitrogen and oxygen atoms in total. The molecule has 0 aliphatic heterocycles. The van der Waals surface area contributed by atoms with Crippen molar-refractivity contribution in [1.82, 2.24) is 4.72 Å². The molecule has 7 heteroatoms. The maximum Gasteiger partial charge on any atom is 0.241 e. The zero-order valence-electron chi connectivity index (χ0n) is 13.5. The van der Waals surface area contributed by atoms with Gasteiger partial charge in [-0.15, -0.1) is 6.42 Å². The number of hydrogen-bond donors (Lipinski definition) is 1. The Hall–Kier alpha value is -2.69. The Balaban J connectivity index is 2.10. The van der Waals surface area contributed by atoms with Crippen molar-refractivity contribution in [3.8, 4) is 12.3 Å². The van der Waals surface area contributed by atoms with Crippen molar-refractivity contribution in [2.75, 3.05) is 25.5 Å². The van der Waals surface area contributed by atoms with Gasteiger partial charge in [0.25, 0.3) is 0 Å². The molecular weight excluding hydrogens is 324 g/mol. The average Bonchev–Trinajstić information content (AvgIpc) is 2.59. The summed E-state index contributed by atoms with van der Waals surface area (Å²) in [6.45, 7) is -0.0489. The third-order valence-corrected chi connectivity index (χ3v) is 4.58. The van der Waals surface area contributed by atoms with Gasteiger partial charge >= 0.3 is 0 Å². The molecule has 0 spiro atoms. The first-order chi connectivity index (χ1) is 11.4. The fourth-order valence-electron chi connectivity index (χ4n) is 1.84. The highest BCUT2D eigenvalue weighted by Crippen LogP contribution is 2.22. The van der Waals surface area contributed by atoms with E-state index in [0.29, 0.717) is 11.4 Å². The first-order valence-corrected chi connectivity index (χ1v) is 8.63. The summed E-state index contributed by atoms with van der Waals surface area (Å²) in [5.74, 6) is 2.23. The van der Waals surface area contributed by atoms with Gasteiger partial charge in [-0.05, 0) is 48.5 Å². The number of sulfonamides is 1. The van der Waals surface area contributed by atoms with Gasteiger partial charge in [0.05, 0.1) is 22.8 Å². The summed E-state index contributed by atoms with van der Waals surface area (Å²) >= 11 is 0. The molecule has 0 unspecified atom stereocenters. The molecule has 0 radical (unpaired) electrons.